The van der Waals surface area contributed by atoms with Gasteiger partial charge in [0, 0.05) is 26.9 Å². The Balaban J connectivity index is 2.06. The molecule has 2 nitrogen and oxygen atoms in total. The molecule has 1 heterocycles. The van der Waals surface area contributed by atoms with Gasteiger partial charge in [0.25, 0.3) is 0 Å². The fourth-order valence-electron chi connectivity index (χ4n) is 2.13. The monoisotopic (exact) mass is 298 g/mol. The lowest BCUT2D eigenvalue weighted by molar-refractivity contribution is 1.29. The first kappa shape index (κ1) is 13.1. The zero-order chi connectivity index (χ0) is 13.9. The highest BCUT2D eigenvalue weighted by molar-refractivity contribution is 7.99. The summed E-state index contributed by atoms with van der Waals surface area (Å²) in [5.74, 6) is 0.741. The van der Waals surface area contributed by atoms with E-state index in [1.54, 1.807) is 17.8 Å². The number of hydrogen-bond donors (Lipinski definition) is 1. The van der Waals surface area contributed by atoms with Crippen molar-refractivity contribution in [1.29, 1.82) is 5.26 Å². The highest BCUT2D eigenvalue weighted by Crippen LogP contribution is 2.37. The number of halogens is 1. The van der Waals surface area contributed by atoms with Crippen molar-refractivity contribution in [2.75, 3.05) is 11.1 Å². The maximum atomic E-state index is 9.49. The number of nitrogens with one attached hydrogen (secondary N) is 1. The molecule has 98 valence electrons. The Morgan fingerprint density at radius 3 is 2.70 bits per heavy atom. The number of benzene rings is 2. The third-order valence-corrected chi connectivity index (χ3v) is 4.53. The lowest BCUT2D eigenvalue weighted by Gasteiger charge is -2.21. The number of para-hydroxylation sites is 1. The second-order valence-electron chi connectivity index (χ2n) is 4.36. The standard InChI is InChI=1S/C16H11ClN2S/c17-13-6-2-1-5-11(13)12(9-18)15-10-20-16-8-4-3-7-14(16)19-15/h1-8,19H,10H2. The molecule has 1 aliphatic rings. The molecular formula is C16H11ClN2S. The van der Waals surface area contributed by atoms with Gasteiger partial charge in [-0.25, -0.2) is 0 Å². The second kappa shape index (κ2) is 5.62. The van der Waals surface area contributed by atoms with Crippen LogP contribution in [0.2, 0.25) is 5.02 Å². The van der Waals surface area contributed by atoms with Crippen LogP contribution in [-0.4, -0.2) is 5.75 Å². The summed E-state index contributed by atoms with van der Waals surface area (Å²) >= 11 is 7.92. The smallest absolute Gasteiger partial charge is 0.102 e. The molecule has 0 aromatic heterocycles. The minimum Gasteiger partial charge on any atom is -0.356 e. The number of nitriles is 1. The van der Waals surface area contributed by atoms with Gasteiger partial charge in [-0.05, 0) is 18.2 Å². The molecule has 0 aliphatic carbocycles. The van der Waals surface area contributed by atoms with Crippen LogP contribution in [0.4, 0.5) is 5.69 Å². The molecule has 2 aromatic rings. The van der Waals surface area contributed by atoms with Gasteiger partial charge in [-0.2, -0.15) is 5.26 Å². The normalized spacial score (nSPS) is 15.8. The Labute approximate surface area is 127 Å². The average molecular weight is 299 g/mol. The van der Waals surface area contributed by atoms with E-state index in [0.29, 0.717) is 10.6 Å². The van der Waals surface area contributed by atoms with E-state index >= 15 is 0 Å². The summed E-state index contributed by atoms with van der Waals surface area (Å²) in [6.45, 7) is 0. The minimum atomic E-state index is 0.599. The Morgan fingerprint density at radius 1 is 1.15 bits per heavy atom. The van der Waals surface area contributed by atoms with Crippen molar-refractivity contribution in [1.82, 2.24) is 0 Å². The van der Waals surface area contributed by atoms with Gasteiger partial charge in [0.1, 0.15) is 6.07 Å². The predicted octanol–water partition coefficient (Wildman–Crippen LogP) is 4.79. The van der Waals surface area contributed by atoms with E-state index < -0.39 is 0 Å². The molecular weight excluding hydrogens is 288 g/mol. The van der Waals surface area contributed by atoms with Crippen molar-refractivity contribution < 1.29 is 0 Å². The summed E-state index contributed by atoms with van der Waals surface area (Å²) in [5.41, 5.74) is 3.33. The minimum absolute atomic E-state index is 0.599. The van der Waals surface area contributed by atoms with Gasteiger partial charge in [0.15, 0.2) is 0 Å². The molecule has 0 saturated carbocycles. The Hall–Kier alpha value is -1.89. The Bertz CT molecular complexity index is 731. The summed E-state index contributed by atoms with van der Waals surface area (Å²) in [7, 11) is 0. The van der Waals surface area contributed by atoms with Gasteiger partial charge in [0.05, 0.1) is 11.3 Å². The van der Waals surface area contributed by atoms with Crippen molar-refractivity contribution >= 4 is 34.6 Å². The fraction of sp³-hybridized carbons (Fsp3) is 0.0625. The Kier molecular flexibility index (Phi) is 3.68. The van der Waals surface area contributed by atoms with Gasteiger partial charge in [-0.1, -0.05) is 41.9 Å². The van der Waals surface area contributed by atoms with E-state index in [1.165, 1.54) is 4.90 Å². The summed E-state index contributed by atoms with van der Waals surface area (Å²) in [5, 5.41) is 13.4. The largest absolute Gasteiger partial charge is 0.356 e. The van der Waals surface area contributed by atoms with Gasteiger partial charge < -0.3 is 5.32 Å². The van der Waals surface area contributed by atoms with Crippen molar-refractivity contribution in [3.05, 3.63) is 64.8 Å². The van der Waals surface area contributed by atoms with E-state index in [-0.39, 0.29) is 0 Å². The highest BCUT2D eigenvalue weighted by atomic mass is 35.5. The van der Waals surface area contributed by atoms with Gasteiger partial charge in [0.2, 0.25) is 0 Å². The number of fused-ring (bicyclic) bond motifs is 1. The van der Waals surface area contributed by atoms with E-state index in [2.05, 4.69) is 17.5 Å². The van der Waals surface area contributed by atoms with E-state index in [4.69, 9.17) is 11.6 Å². The van der Waals surface area contributed by atoms with Gasteiger partial charge >= 0.3 is 0 Å². The van der Waals surface area contributed by atoms with Crippen LogP contribution in [0.5, 0.6) is 0 Å². The molecule has 20 heavy (non-hydrogen) atoms. The fourth-order valence-corrected chi connectivity index (χ4v) is 3.33. The molecule has 0 saturated heterocycles. The van der Waals surface area contributed by atoms with Crippen LogP contribution >= 0.6 is 23.4 Å². The van der Waals surface area contributed by atoms with Crippen molar-refractivity contribution in [3.63, 3.8) is 0 Å². The molecule has 4 heteroatoms. The number of allylic oxidation sites excluding steroid dienone is 1. The molecule has 0 unspecified atom stereocenters. The third kappa shape index (κ3) is 2.40. The van der Waals surface area contributed by atoms with Crippen molar-refractivity contribution in [2.45, 2.75) is 4.90 Å². The number of thioether (sulfide) groups is 1. The van der Waals surface area contributed by atoms with Crippen LogP contribution < -0.4 is 5.32 Å². The summed E-state index contributed by atoms with van der Waals surface area (Å²) in [4.78, 5) is 1.20. The first-order valence-electron chi connectivity index (χ1n) is 6.16. The van der Waals surface area contributed by atoms with Crippen LogP contribution in [0, 0.1) is 11.3 Å². The maximum Gasteiger partial charge on any atom is 0.102 e. The molecule has 0 amide bonds. The van der Waals surface area contributed by atoms with Crippen LogP contribution in [-0.2, 0) is 0 Å². The predicted molar refractivity (Wildman–Crippen MR) is 84.8 cm³/mol. The lowest BCUT2D eigenvalue weighted by atomic mass is 10.0. The first-order valence-corrected chi connectivity index (χ1v) is 7.53. The Morgan fingerprint density at radius 2 is 1.90 bits per heavy atom. The number of anilines is 1. The van der Waals surface area contributed by atoms with Crippen LogP contribution in [0.3, 0.4) is 0 Å². The molecule has 0 bridgehead atoms. The highest BCUT2D eigenvalue weighted by Gasteiger charge is 2.18. The van der Waals surface area contributed by atoms with Gasteiger partial charge in [-0.15, -0.1) is 11.8 Å². The van der Waals surface area contributed by atoms with E-state index in [0.717, 1.165) is 22.7 Å². The third-order valence-electron chi connectivity index (χ3n) is 3.10. The van der Waals surface area contributed by atoms with Crippen molar-refractivity contribution in [3.8, 4) is 6.07 Å². The zero-order valence-corrected chi connectivity index (χ0v) is 12.1. The average Bonchev–Trinajstić information content (AvgIpc) is 2.50. The van der Waals surface area contributed by atoms with Gasteiger partial charge in [-0.3, -0.25) is 0 Å². The molecule has 0 atom stereocenters. The SMILES string of the molecule is N#CC(=C1CSc2ccccc2N1)c1ccccc1Cl. The van der Waals surface area contributed by atoms with Crippen LogP contribution in [0.1, 0.15) is 5.56 Å². The first-order chi connectivity index (χ1) is 9.79. The van der Waals surface area contributed by atoms with Crippen LogP contribution in [0.25, 0.3) is 5.57 Å². The lowest BCUT2D eigenvalue weighted by Crippen LogP contribution is -2.10. The van der Waals surface area contributed by atoms with E-state index in [1.807, 2.05) is 36.4 Å². The topological polar surface area (TPSA) is 35.8 Å². The molecule has 0 radical (unpaired) electrons. The summed E-state index contributed by atoms with van der Waals surface area (Å²) < 4.78 is 0. The van der Waals surface area contributed by atoms with Crippen LogP contribution in [0.15, 0.2) is 59.1 Å². The molecule has 1 N–H and O–H groups in total. The number of hydrogen-bond acceptors (Lipinski definition) is 3. The molecule has 0 spiro atoms. The molecule has 0 fully saturated rings. The van der Waals surface area contributed by atoms with E-state index in [9.17, 15) is 5.26 Å². The number of rotatable bonds is 1. The quantitative estimate of drug-likeness (QED) is 0.769. The number of nitrogens with zero attached hydrogens (tertiary/aromatic N) is 1. The summed E-state index contributed by atoms with van der Waals surface area (Å²) in [6.07, 6.45) is 0. The molecule has 3 rings (SSSR count). The molecule has 2 aromatic carbocycles. The second-order valence-corrected chi connectivity index (χ2v) is 5.78. The zero-order valence-electron chi connectivity index (χ0n) is 10.6. The maximum absolute atomic E-state index is 9.49. The molecule has 1 aliphatic heterocycles. The summed E-state index contributed by atoms with van der Waals surface area (Å²) in [6, 6.07) is 17.8. The van der Waals surface area contributed by atoms with Crippen molar-refractivity contribution in [2.24, 2.45) is 0 Å².